The number of carbonyl (C=O) groups is 1. The first-order valence-corrected chi connectivity index (χ1v) is 11.0. The summed E-state index contributed by atoms with van der Waals surface area (Å²) in [6, 6.07) is 0.0759. The molecule has 1 fully saturated rings. The molecule has 172 valence electrons. The van der Waals surface area contributed by atoms with Crippen LogP contribution in [0.1, 0.15) is 39.0 Å². The van der Waals surface area contributed by atoms with E-state index in [0.29, 0.717) is 25.3 Å². The number of fused-ring (bicyclic) bond motifs is 1. The Kier molecular flexibility index (Phi) is 8.24. The third kappa shape index (κ3) is 6.41. The molecule has 31 heavy (non-hydrogen) atoms. The summed E-state index contributed by atoms with van der Waals surface area (Å²) in [7, 11) is 0. The van der Waals surface area contributed by atoms with Gasteiger partial charge in [-0.2, -0.15) is 9.97 Å². The van der Waals surface area contributed by atoms with E-state index in [0.717, 1.165) is 58.4 Å². The van der Waals surface area contributed by atoms with Gasteiger partial charge in [-0.3, -0.25) is 14.3 Å². The van der Waals surface area contributed by atoms with Crippen molar-refractivity contribution in [3.8, 4) is 11.9 Å². The van der Waals surface area contributed by atoms with Crippen LogP contribution in [-0.2, 0) is 11.3 Å². The molecule has 2 aromatic heterocycles. The van der Waals surface area contributed by atoms with Gasteiger partial charge in [-0.05, 0) is 25.8 Å². The predicted molar refractivity (Wildman–Crippen MR) is 115 cm³/mol. The highest BCUT2D eigenvalue weighted by atomic mass is 16.5. The molecular formula is C20H32N6O5. The molecule has 0 bridgehead atoms. The summed E-state index contributed by atoms with van der Waals surface area (Å²) < 4.78 is 7.01. The molecule has 11 nitrogen and oxygen atoms in total. The summed E-state index contributed by atoms with van der Waals surface area (Å²) in [5, 5.41) is 18.9. The van der Waals surface area contributed by atoms with Crippen molar-refractivity contribution in [2.75, 3.05) is 45.9 Å². The number of aromatic hydroxyl groups is 1. The van der Waals surface area contributed by atoms with Gasteiger partial charge in [-0.1, -0.05) is 13.3 Å². The number of aryl methyl sites for hydroxylation is 1. The van der Waals surface area contributed by atoms with Gasteiger partial charge >= 0.3 is 17.7 Å². The zero-order valence-corrected chi connectivity index (χ0v) is 18.0. The fourth-order valence-corrected chi connectivity index (χ4v) is 3.67. The molecule has 1 aliphatic heterocycles. The van der Waals surface area contributed by atoms with Crippen molar-refractivity contribution < 1.29 is 19.7 Å². The minimum absolute atomic E-state index is 0.0759. The minimum Gasteiger partial charge on any atom is -0.492 e. The highest BCUT2D eigenvalue weighted by molar-refractivity contribution is 5.76. The first-order valence-electron chi connectivity index (χ1n) is 11.0. The van der Waals surface area contributed by atoms with Crippen molar-refractivity contribution >= 4 is 17.1 Å². The van der Waals surface area contributed by atoms with Crippen LogP contribution >= 0.6 is 0 Å². The largest absolute Gasteiger partial charge is 0.492 e. The summed E-state index contributed by atoms with van der Waals surface area (Å²) in [4.78, 5) is 38.4. The fraction of sp³-hybridized carbons (Fsp3) is 0.700. The Morgan fingerprint density at radius 2 is 1.74 bits per heavy atom. The zero-order chi connectivity index (χ0) is 22.2. The second-order valence-corrected chi connectivity index (χ2v) is 7.85. The molecule has 2 aromatic rings. The number of carboxylic acids is 1. The number of unbranched alkanes of at least 4 members (excludes halogenated alkanes) is 2. The summed E-state index contributed by atoms with van der Waals surface area (Å²) in [5.41, 5.74) is 0.263. The maximum atomic E-state index is 12.3. The maximum Gasteiger partial charge on any atom is 0.327 e. The van der Waals surface area contributed by atoms with E-state index in [2.05, 4.69) is 24.8 Å². The van der Waals surface area contributed by atoms with Crippen LogP contribution in [0.25, 0.3) is 11.2 Å². The molecule has 1 aliphatic rings. The summed E-state index contributed by atoms with van der Waals surface area (Å²) in [5.74, 6) is -1.04. The summed E-state index contributed by atoms with van der Waals surface area (Å²) in [6.07, 6.45) is 3.73. The number of aromatic nitrogens is 4. The van der Waals surface area contributed by atoms with E-state index in [1.807, 2.05) is 6.92 Å². The molecule has 0 atom stereocenters. The van der Waals surface area contributed by atoms with Crippen LogP contribution in [-0.4, -0.2) is 91.4 Å². The lowest BCUT2D eigenvalue weighted by atomic mass is 10.2. The molecule has 0 saturated carbocycles. The molecule has 3 N–H and O–H groups in total. The number of imidazole rings is 1. The first kappa shape index (κ1) is 23.0. The van der Waals surface area contributed by atoms with Crippen LogP contribution in [0.15, 0.2) is 4.79 Å². The van der Waals surface area contributed by atoms with Crippen molar-refractivity contribution in [1.29, 1.82) is 0 Å². The Balaban J connectivity index is 1.49. The lowest BCUT2D eigenvalue weighted by molar-refractivity contribution is -0.137. The number of carboxylic acid groups (broad SMARTS) is 1. The molecule has 0 radical (unpaired) electrons. The van der Waals surface area contributed by atoms with E-state index >= 15 is 0 Å². The standard InChI is InChI=1S/C20H32N6O5/c1-2-3-14-31-19-22-17-16(18(29)23-19)21-20(30)26(17)8-5-4-7-24-10-12-25(13-11-24)9-6-15(27)28/h2-14H2,1H3,(H,21,30)(H,27,28)(H,22,23,29). The molecule has 0 spiro atoms. The van der Waals surface area contributed by atoms with Crippen LogP contribution in [0.3, 0.4) is 0 Å². The van der Waals surface area contributed by atoms with E-state index in [4.69, 9.17) is 9.84 Å². The minimum atomic E-state index is -0.756. The Morgan fingerprint density at radius 1 is 1.06 bits per heavy atom. The number of rotatable bonds is 12. The van der Waals surface area contributed by atoms with Gasteiger partial charge in [0.05, 0.1) is 13.0 Å². The van der Waals surface area contributed by atoms with E-state index < -0.39 is 5.97 Å². The highest BCUT2D eigenvalue weighted by Crippen LogP contribution is 2.21. The van der Waals surface area contributed by atoms with Gasteiger partial charge in [0.2, 0.25) is 5.88 Å². The lowest BCUT2D eigenvalue weighted by Crippen LogP contribution is -2.47. The van der Waals surface area contributed by atoms with Crippen molar-refractivity contribution in [3.05, 3.63) is 10.5 Å². The highest BCUT2D eigenvalue weighted by Gasteiger charge is 2.18. The molecule has 3 rings (SSSR count). The van der Waals surface area contributed by atoms with Crippen molar-refractivity contribution in [3.63, 3.8) is 0 Å². The second-order valence-electron chi connectivity index (χ2n) is 7.85. The monoisotopic (exact) mass is 436 g/mol. The summed E-state index contributed by atoms with van der Waals surface area (Å²) >= 11 is 0. The lowest BCUT2D eigenvalue weighted by Gasteiger charge is -2.34. The molecule has 0 aromatic carbocycles. The third-order valence-electron chi connectivity index (χ3n) is 5.52. The average molecular weight is 437 g/mol. The van der Waals surface area contributed by atoms with Crippen molar-refractivity contribution in [2.45, 2.75) is 45.6 Å². The number of piperazine rings is 1. The average Bonchev–Trinajstić information content (AvgIpc) is 3.06. The van der Waals surface area contributed by atoms with Crippen molar-refractivity contribution in [2.24, 2.45) is 0 Å². The Morgan fingerprint density at radius 3 is 2.42 bits per heavy atom. The number of nitrogens with one attached hydrogen (secondary N) is 1. The zero-order valence-electron chi connectivity index (χ0n) is 18.0. The van der Waals surface area contributed by atoms with Crippen molar-refractivity contribution in [1.82, 2.24) is 29.3 Å². The van der Waals surface area contributed by atoms with Crippen LogP contribution in [0.2, 0.25) is 0 Å². The van der Waals surface area contributed by atoms with Gasteiger partial charge in [0, 0.05) is 39.3 Å². The van der Waals surface area contributed by atoms with Gasteiger partial charge < -0.3 is 24.7 Å². The Labute approximate surface area is 180 Å². The van der Waals surface area contributed by atoms with Gasteiger partial charge in [-0.15, -0.1) is 0 Å². The Hall–Kier alpha value is -2.66. The number of hydrogen-bond donors (Lipinski definition) is 3. The van der Waals surface area contributed by atoms with Crippen LogP contribution in [0.5, 0.6) is 11.9 Å². The van der Waals surface area contributed by atoms with Crippen LogP contribution < -0.4 is 10.4 Å². The predicted octanol–water partition coefficient (Wildman–Crippen LogP) is 0.877. The van der Waals surface area contributed by atoms with Crippen LogP contribution in [0.4, 0.5) is 0 Å². The number of aliphatic carboxylic acids is 1. The molecule has 0 aliphatic carbocycles. The summed E-state index contributed by atoms with van der Waals surface area (Å²) in [6.45, 7) is 8.13. The van der Waals surface area contributed by atoms with Crippen LogP contribution in [0, 0.1) is 0 Å². The molecular weight excluding hydrogens is 404 g/mol. The fourth-order valence-electron chi connectivity index (χ4n) is 3.67. The topological polar surface area (TPSA) is 137 Å². The van der Waals surface area contributed by atoms with E-state index in [9.17, 15) is 14.7 Å². The molecule has 1 saturated heterocycles. The number of nitrogens with zero attached hydrogens (tertiary/aromatic N) is 5. The van der Waals surface area contributed by atoms with E-state index in [-0.39, 0.29) is 29.5 Å². The normalized spacial score (nSPS) is 15.5. The quantitative estimate of drug-likeness (QED) is 0.414. The molecule has 3 heterocycles. The van der Waals surface area contributed by atoms with Gasteiger partial charge in [0.15, 0.2) is 5.65 Å². The number of H-pyrrole nitrogens is 1. The second kappa shape index (κ2) is 11.1. The number of hydrogen-bond acceptors (Lipinski definition) is 8. The molecule has 11 heteroatoms. The smallest absolute Gasteiger partial charge is 0.327 e. The Bertz CT molecular complexity index is 919. The maximum absolute atomic E-state index is 12.3. The van der Waals surface area contributed by atoms with E-state index in [1.165, 1.54) is 4.57 Å². The number of aromatic amines is 1. The SMILES string of the molecule is CCCCOc1nc(O)c2[nH]c(=O)n(CCCCN3CCN(CCC(=O)O)CC3)c2n1. The van der Waals surface area contributed by atoms with E-state index in [1.54, 1.807) is 0 Å². The molecule has 0 unspecified atom stereocenters. The number of ether oxygens (including phenoxy) is 1. The van der Waals surface area contributed by atoms with Gasteiger partial charge in [0.1, 0.15) is 5.52 Å². The van der Waals surface area contributed by atoms with Gasteiger partial charge in [-0.25, -0.2) is 4.79 Å². The third-order valence-corrected chi connectivity index (χ3v) is 5.52. The first-order chi connectivity index (χ1) is 15.0. The van der Waals surface area contributed by atoms with Gasteiger partial charge in [0.25, 0.3) is 0 Å². The molecule has 0 amide bonds.